The predicted octanol–water partition coefficient (Wildman–Crippen LogP) is 12.7. The minimum Gasteiger partial charge on any atom is -0.310 e. The summed E-state index contributed by atoms with van der Waals surface area (Å²) in [6, 6.07) is 53.8. The van der Waals surface area contributed by atoms with E-state index in [0.29, 0.717) is 11.1 Å². The lowest BCUT2D eigenvalue weighted by Gasteiger charge is -2.27. The Hall–Kier alpha value is -6.57. The van der Waals surface area contributed by atoms with Gasteiger partial charge in [-0.15, -0.1) is 0 Å². The van der Waals surface area contributed by atoms with Gasteiger partial charge in [-0.3, -0.25) is 0 Å². The number of anilines is 3. The van der Waals surface area contributed by atoms with Gasteiger partial charge in [-0.05, 0) is 139 Å². The van der Waals surface area contributed by atoms with E-state index in [4.69, 9.17) is 0 Å². The summed E-state index contributed by atoms with van der Waals surface area (Å²) < 4.78 is 28.1. The van der Waals surface area contributed by atoms with E-state index in [2.05, 4.69) is 114 Å². The summed E-state index contributed by atoms with van der Waals surface area (Å²) in [5.74, 6) is -1.17. The highest BCUT2D eigenvalue weighted by Gasteiger charge is 2.17. The second-order valence-electron chi connectivity index (χ2n) is 12.4. The molecule has 0 N–H and O–H groups in total. The van der Waals surface area contributed by atoms with Crippen LogP contribution in [0.5, 0.6) is 0 Å². The molecule has 0 heterocycles. The average molecular weight is 633 g/mol. The van der Waals surface area contributed by atoms with Crippen molar-refractivity contribution in [3.63, 3.8) is 0 Å². The Kier molecular flexibility index (Phi) is 6.60. The molecular weight excluding hydrogens is 607 g/mol. The van der Waals surface area contributed by atoms with Crippen LogP contribution in [0.15, 0.2) is 158 Å². The van der Waals surface area contributed by atoms with E-state index in [-0.39, 0.29) is 0 Å². The maximum absolute atomic E-state index is 14.0. The second kappa shape index (κ2) is 11.3. The lowest BCUT2D eigenvalue weighted by atomic mass is 9.89. The molecule has 0 spiro atoms. The van der Waals surface area contributed by atoms with Crippen LogP contribution in [-0.2, 0) is 0 Å². The first-order valence-corrected chi connectivity index (χ1v) is 16.1. The molecule has 9 aromatic carbocycles. The summed E-state index contributed by atoms with van der Waals surface area (Å²) >= 11 is 0. The molecule has 0 aromatic heterocycles. The minimum absolute atomic E-state index is 0.520. The third-order valence-corrected chi connectivity index (χ3v) is 9.45. The monoisotopic (exact) mass is 632 g/mol. The lowest BCUT2D eigenvalue weighted by molar-refractivity contribution is 0.584. The van der Waals surface area contributed by atoms with Gasteiger partial charge in [0.25, 0.3) is 0 Å². The normalized spacial score (nSPS) is 11.4. The van der Waals surface area contributed by atoms with Crippen LogP contribution < -0.4 is 4.90 Å². The van der Waals surface area contributed by atoms with Gasteiger partial charge < -0.3 is 4.90 Å². The van der Waals surface area contributed by atoms with Gasteiger partial charge in [-0.1, -0.05) is 72.8 Å². The van der Waals surface area contributed by atoms with Crippen LogP contribution in [0.3, 0.4) is 0 Å². The highest BCUT2D eigenvalue weighted by atomic mass is 19.1. The SMILES string of the molecule is N#Cc1ccc(N(c2ccc(-c3cc4ccc5cc(-c6cc(F)cc(F)c6)cc6ccc(c3)c4c56)cc2)c2cccc3ccccc23)cc1. The molecule has 0 radical (unpaired) electrons. The average Bonchev–Trinajstić information content (AvgIpc) is 3.14. The number of nitrogens with zero attached hydrogens (tertiary/aromatic N) is 2. The smallest absolute Gasteiger partial charge is 0.126 e. The van der Waals surface area contributed by atoms with Crippen molar-refractivity contribution < 1.29 is 8.78 Å². The maximum Gasteiger partial charge on any atom is 0.126 e. The number of benzene rings is 9. The minimum atomic E-state index is -0.587. The first-order chi connectivity index (χ1) is 24.0. The molecule has 49 heavy (non-hydrogen) atoms. The van der Waals surface area contributed by atoms with Crippen LogP contribution in [0.1, 0.15) is 5.56 Å². The van der Waals surface area contributed by atoms with E-state index >= 15 is 0 Å². The molecule has 2 nitrogen and oxygen atoms in total. The van der Waals surface area contributed by atoms with Crippen LogP contribution in [0.2, 0.25) is 0 Å². The number of halogens is 2. The van der Waals surface area contributed by atoms with Crippen molar-refractivity contribution in [2.75, 3.05) is 4.90 Å². The topological polar surface area (TPSA) is 27.0 Å². The van der Waals surface area contributed by atoms with Gasteiger partial charge >= 0.3 is 0 Å². The summed E-state index contributed by atoms with van der Waals surface area (Å²) in [6.45, 7) is 0. The van der Waals surface area contributed by atoms with E-state index in [1.807, 2.05) is 36.4 Å². The van der Waals surface area contributed by atoms with Crippen LogP contribution in [0.4, 0.5) is 25.8 Å². The fourth-order valence-electron chi connectivity index (χ4n) is 7.21. The summed E-state index contributed by atoms with van der Waals surface area (Å²) in [6.07, 6.45) is 0. The summed E-state index contributed by atoms with van der Waals surface area (Å²) in [4.78, 5) is 2.24. The molecule has 0 unspecified atom stereocenters. The predicted molar refractivity (Wildman–Crippen MR) is 198 cm³/mol. The van der Waals surface area contributed by atoms with Crippen molar-refractivity contribution in [3.8, 4) is 28.3 Å². The molecule has 0 saturated heterocycles. The molecule has 230 valence electrons. The third kappa shape index (κ3) is 4.92. The summed E-state index contributed by atoms with van der Waals surface area (Å²) in [7, 11) is 0. The quantitative estimate of drug-likeness (QED) is 0.177. The lowest BCUT2D eigenvalue weighted by Crippen LogP contribution is -2.10. The van der Waals surface area contributed by atoms with Crippen LogP contribution in [0, 0.1) is 23.0 Å². The first-order valence-electron chi connectivity index (χ1n) is 16.1. The van der Waals surface area contributed by atoms with Crippen molar-refractivity contribution >= 4 is 60.2 Å². The second-order valence-corrected chi connectivity index (χ2v) is 12.4. The van der Waals surface area contributed by atoms with E-state index in [1.165, 1.54) is 17.5 Å². The Morgan fingerprint density at radius 3 is 1.49 bits per heavy atom. The zero-order valence-electron chi connectivity index (χ0n) is 26.2. The molecule has 0 atom stereocenters. The van der Waals surface area contributed by atoms with E-state index in [9.17, 15) is 14.0 Å². The van der Waals surface area contributed by atoms with Gasteiger partial charge in [0.15, 0.2) is 0 Å². The van der Waals surface area contributed by atoms with Gasteiger partial charge in [-0.25, -0.2) is 8.78 Å². The Morgan fingerprint density at radius 1 is 0.429 bits per heavy atom. The van der Waals surface area contributed by atoms with Crippen molar-refractivity contribution in [2.45, 2.75) is 0 Å². The van der Waals surface area contributed by atoms with Crippen LogP contribution >= 0.6 is 0 Å². The van der Waals surface area contributed by atoms with Crippen molar-refractivity contribution in [3.05, 3.63) is 175 Å². The number of hydrogen-bond donors (Lipinski definition) is 0. The standard InChI is InChI=1S/C45H26F2N2/c46-38-24-37(25-39(47)26-38)36-22-33-12-10-31-20-35(21-32-11-13-34(23-36)45(33)44(31)32)29-14-18-41(19-15-29)49(40-16-8-28(27-48)9-17-40)43-7-3-5-30-4-1-2-6-42(30)43/h1-26H. The van der Waals surface area contributed by atoms with Gasteiger partial charge in [0, 0.05) is 22.8 Å². The molecule has 0 amide bonds. The Balaban J connectivity index is 1.13. The summed E-state index contributed by atoms with van der Waals surface area (Å²) in [5, 5.41) is 18.4. The van der Waals surface area contributed by atoms with E-state index in [1.54, 1.807) is 0 Å². The first kappa shape index (κ1) is 28.6. The number of fused-ring (bicyclic) bond motifs is 1. The molecule has 0 aliphatic rings. The molecule has 0 fully saturated rings. The van der Waals surface area contributed by atoms with Crippen molar-refractivity contribution in [2.24, 2.45) is 0 Å². The molecule has 9 rings (SSSR count). The number of rotatable bonds is 5. The highest BCUT2D eigenvalue weighted by Crippen LogP contribution is 2.42. The van der Waals surface area contributed by atoms with Gasteiger partial charge in [0.2, 0.25) is 0 Å². The van der Waals surface area contributed by atoms with Crippen molar-refractivity contribution in [1.82, 2.24) is 0 Å². The third-order valence-electron chi connectivity index (χ3n) is 9.45. The molecular formula is C45H26F2N2. The molecule has 0 aliphatic carbocycles. The van der Waals surface area contributed by atoms with Gasteiger partial charge in [0.1, 0.15) is 11.6 Å². The Bertz CT molecular complexity index is 2650. The van der Waals surface area contributed by atoms with Gasteiger partial charge in [0.05, 0.1) is 17.3 Å². The molecule has 4 heteroatoms. The Morgan fingerprint density at radius 2 is 0.918 bits per heavy atom. The Labute approximate surface area is 281 Å². The van der Waals surface area contributed by atoms with E-state index < -0.39 is 11.6 Å². The zero-order chi connectivity index (χ0) is 33.1. The van der Waals surface area contributed by atoms with Crippen molar-refractivity contribution in [1.29, 1.82) is 5.26 Å². The molecule has 0 aliphatic heterocycles. The fourth-order valence-corrected chi connectivity index (χ4v) is 7.21. The highest BCUT2D eigenvalue weighted by molar-refractivity contribution is 6.24. The number of nitriles is 1. The molecule has 9 aromatic rings. The zero-order valence-corrected chi connectivity index (χ0v) is 26.2. The largest absolute Gasteiger partial charge is 0.310 e. The van der Waals surface area contributed by atoms with Crippen LogP contribution in [-0.4, -0.2) is 0 Å². The number of hydrogen-bond acceptors (Lipinski definition) is 2. The molecule has 0 saturated carbocycles. The van der Waals surface area contributed by atoms with Gasteiger partial charge in [-0.2, -0.15) is 5.26 Å². The van der Waals surface area contributed by atoms with Crippen LogP contribution in [0.25, 0.3) is 65.3 Å². The maximum atomic E-state index is 14.0. The van der Waals surface area contributed by atoms with E-state index in [0.717, 1.165) is 77.5 Å². The fraction of sp³-hybridized carbons (Fsp3) is 0. The molecule has 0 bridgehead atoms. The summed E-state index contributed by atoms with van der Waals surface area (Å²) in [5.41, 5.74) is 7.17.